The Morgan fingerprint density at radius 1 is 0.607 bits per heavy atom. The molecule has 0 fully saturated rings. The highest BCUT2D eigenvalue weighted by Crippen LogP contribution is 2.36. The molecule has 56 heavy (non-hydrogen) atoms. The van der Waals surface area contributed by atoms with Gasteiger partial charge in [0.25, 0.3) is 5.69 Å². The van der Waals surface area contributed by atoms with Gasteiger partial charge in [-0.3, -0.25) is 10.1 Å². The first-order valence-corrected chi connectivity index (χ1v) is 19.4. The summed E-state index contributed by atoms with van der Waals surface area (Å²) in [6.07, 6.45) is 0. The van der Waals surface area contributed by atoms with Crippen molar-refractivity contribution in [3.05, 3.63) is 105 Å². The van der Waals surface area contributed by atoms with Crippen molar-refractivity contribution in [1.29, 1.82) is 0 Å². The number of carbonyl (C=O) groups excluding carboxylic acids is 2. The van der Waals surface area contributed by atoms with Gasteiger partial charge in [0, 0.05) is 32.2 Å². The summed E-state index contributed by atoms with van der Waals surface area (Å²) in [5.74, 6) is 1.03. The number of hydrogen-bond donors (Lipinski definition) is 1. The van der Waals surface area contributed by atoms with E-state index >= 15 is 0 Å². The number of aryl methyl sites for hydroxylation is 2. The second-order valence-corrected chi connectivity index (χ2v) is 16.2. The minimum Gasteiger partial charge on any atom is -0.465 e. The zero-order chi connectivity index (χ0) is 41.9. The molecule has 4 aromatic carbocycles. The molecule has 302 valence electrons. The minimum absolute atomic E-state index is 0.0427. The van der Waals surface area contributed by atoms with Crippen LogP contribution in [-0.4, -0.2) is 57.3 Å². The maximum absolute atomic E-state index is 12.2. The fraction of sp³-hybridized carbons (Fsp3) is 0.435. The molecule has 0 heterocycles. The van der Waals surface area contributed by atoms with Crippen LogP contribution in [0.15, 0.2) is 72.8 Å². The van der Waals surface area contributed by atoms with Crippen LogP contribution in [0, 0.1) is 47.6 Å². The van der Waals surface area contributed by atoms with Gasteiger partial charge < -0.3 is 25.0 Å². The van der Waals surface area contributed by atoms with Crippen LogP contribution in [0.2, 0.25) is 0 Å². The van der Waals surface area contributed by atoms with Crippen LogP contribution >= 0.6 is 0 Å². The van der Waals surface area contributed by atoms with E-state index in [4.69, 9.17) is 15.2 Å². The highest BCUT2D eigenvalue weighted by molar-refractivity contribution is 5.99. The van der Waals surface area contributed by atoms with Crippen molar-refractivity contribution in [2.75, 3.05) is 55.9 Å². The van der Waals surface area contributed by atoms with Crippen LogP contribution in [0.25, 0.3) is 22.3 Å². The van der Waals surface area contributed by atoms with Crippen LogP contribution in [-0.2, 0) is 9.47 Å². The van der Waals surface area contributed by atoms with E-state index in [2.05, 4.69) is 71.3 Å². The second-order valence-electron chi connectivity index (χ2n) is 16.2. The molecular formula is C46H62N4O6. The molecule has 0 aromatic heterocycles. The third kappa shape index (κ3) is 12.3. The van der Waals surface area contributed by atoms with Gasteiger partial charge >= 0.3 is 11.9 Å². The number of rotatable bonds is 15. The lowest BCUT2D eigenvalue weighted by Crippen LogP contribution is -2.31. The Hall–Kier alpha value is -5.38. The number of nitro groups is 1. The standard InChI is InChI=1S/C23H30N2O4.C23H32N2O2/c1-15(2)13-24(14-16(3)4)21-10-8-18(12-22(21)25(27)28)20-11-17(5)7-9-19(20)23(26)29-6;1-15(2)13-25(14-16(3)4)22-10-8-18(12-21(22)24)20-11-17(5)7-9-19(20)23(26)27-6/h7-12,15-16H,13-14H2,1-6H3;7-12,15-16H,13-14,24H2,1-6H3. The van der Waals surface area contributed by atoms with Gasteiger partial charge in [-0.25, -0.2) is 9.59 Å². The van der Waals surface area contributed by atoms with Crippen LogP contribution in [0.4, 0.5) is 22.7 Å². The Labute approximate surface area is 334 Å². The molecule has 4 aromatic rings. The van der Waals surface area contributed by atoms with Crippen molar-refractivity contribution >= 4 is 34.7 Å². The third-order valence-corrected chi connectivity index (χ3v) is 9.01. The molecule has 0 saturated heterocycles. The summed E-state index contributed by atoms with van der Waals surface area (Å²) < 4.78 is 9.82. The van der Waals surface area contributed by atoms with Gasteiger partial charge in [-0.05, 0) is 90.1 Å². The van der Waals surface area contributed by atoms with E-state index < -0.39 is 5.97 Å². The number of hydrogen-bond acceptors (Lipinski definition) is 9. The molecule has 2 N–H and O–H groups in total. The lowest BCUT2D eigenvalue weighted by atomic mass is 9.96. The maximum atomic E-state index is 12.2. The molecule has 0 aliphatic carbocycles. The highest BCUT2D eigenvalue weighted by atomic mass is 16.6. The Kier molecular flexibility index (Phi) is 16.5. The van der Waals surface area contributed by atoms with E-state index in [-0.39, 0.29) is 16.6 Å². The molecule has 0 aliphatic heterocycles. The predicted molar refractivity (Wildman–Crippen MR) is 231 cm³/mol. The van der Waals surface area contributed by atoms with E-state index in [9.17, 15) is 19.7 Å². The van der Waals surface area contributed by atoms with Crippen molar-refractivity contribution in [2.24, 2.45) is 23.7 Å². The summed E-state index contributed by atoms with van der Waals surface area (Å²) in [5.41, 5.74) is 14.9. The Morgan fingerprint density at radius 2 is 0.982 bits per heavy atom. The quantitative estimate of drug-likeness (QED) is 0.0544. The summed E-state index contributed by atoms with van der Waals surface area (Å²) in [6.45, 7) is 24.6. The topological polar surface area (TPSA) is 128 Å². The van der Waals surface area contributed by atoms with Crippen molar-refractivity contribution < 1.29 is 24.0 Å². The number of nitro benzene ring substituents is 1. The third-order valence-electron chi connectivity index (χ3n) is 9.01. The molecule has 0 amide bonds. The van der Waals surface area contributed by atoms with Gasteiger partial charge in [0.15, 0.2) is 0 Å². The van der Waals surface area contributed by atoms with Gasteiger partial charge in [0.1, 0.15) is 5.69 Å². The SMILES string of the molecule is COC(=O)c1ccc(C)cc1-c1ccc(N(CC(C)C)CC(C)C)c(N)c1.COC(=O)c1ccc(C)cc1-c1ccc(N(CC(C)C)CC(C)C)c([N+](=O)[O-])c1. The molecule has 0 unspecified atom stereocenters. The first-order valence-electron chi connectivity index (χ1n) is 19.4. The minimum atomic E-state index is -0.465. The molecular weight excluding hydrogens is 705 g/mol. The lowest BCUT2D eigenvalue weighted by molar-refractivity contribution is -0.384. The van der Waals surface area contributed by atoms with Gasteiger partial charge in [-0.15, -0.1) is 0 Å². The van der Waals surface area contributed by atoms with Crippen molar-refractivity contribution in [1.82, 2.24) is 0 Å². The van der Waals surface area contributed by atoms with Gasteiger partial charge in [0.2, 0.25) is 0 Å². The Bertz CT molecular complexity index is 1950. The average Bonchev–Trinajstić information content (AvgIpc) is 3.12. The smallest absolute Gasteiger partial charge is 0.338 e. The number of ether oxygens (including phenoxy) is 2. The van der Waals surface area contributed by atoms with E-state index in [0.29, 0.717) is 51.6 Å². The number of nitrogens with zero attached hydrogens (tertiary/aromatic N) is 3. The van der Waals surface area contributed by atoms with Gasteiger partial charge in [-0.2, -0.15) is 0 Å². The molecule has 0 spiro atoms. The van der Waals surface area contributed by atoms with E-state index in [1.54, 1.807) is 18.2 Å². The van der Waals surface area contributed by atoms with E-state index in [1.165, 1.54) is 14.2 Å². The summed E-state index contributed by atoms with van der Waals surface area (Å²) in [5, 5.41) is 11.9. The fourth-order valence-electron chi connectivity index (χ4n) is 6.79. The van der Waals surface area contributed by atoms with Crippen molar-refractivity contribution in [3.8, 4) is 22.3 Å². The normalized spacial score (nSPS) is 11.1. The molecule has 0 saturated carbocycles. The zero-order valence-electron chi connectivity index (χ0n) is 35.4. The van der Waals surface area contributed by atoms with Crippen molar-refractivity contribution in [3.63, 3.8) is 0 Å². The monoisotopic (exact) mass is 766 g/mol. The van der Waals surface area contributed by atoms with E-state index in [1.807, 2.05) is 62.4 Å². The number of anilines is 3. The number of methoxy groups -OCH3 is 2. The van der Waals surface area contributed by atoms with Crippen molar-refractivity contribution in [2.45, 2.75) is 69.2 Å². The summed E-state index contributed by atoms with van der Waals surface area (Å²) >= 11 is 0. The first-order chi connectivity index (χ1) is 26.4. The van der Waals surface area contributed by atoms with Crippen LogP contribution in [0.5, 0.6) is 0 Å². The average molecular weight is 767 g/mol. The molecule has 0 radical (unpaired) electrons. The van der Waals surface area contributed by atoms with Gasteiger partial charge in [0.05, 0.1) is 41.6 Å². The molecule has 0 bridgehead atoms. The molecule has 10 nitrogen and oxygen atoms in total. The number of esters is 2. The maximum Gasteiger partial charge on any atom is 0.338 e. The molecule has 0 aliphatic rings. The Morgan fingerprint density at radius 3 is 1.34 bits per heavy atom. The number of nitrogen functional groups attached to an aromatic ring is 1. The number of carbonyl (C=O) groups is 2. The molecule has 0 atom stereocenters. The Balaban J connectivity index is 0.000000301. The summed E-state index contributed by atoms with van der Waals surface area (Å²) in [6, 6.07) is 22.4. The predicted octanol–water partition coefficient (Wildman–Crippen LogP) is 10.6. The van der Waals surface area contributed by atoms with Crippen LogP contribution in [0.1, 0.15) is 87.2 Å². The zero-order valence-corrected chi connectivity index (χ0v) is 35.4. The molecule has 10 heteroatoms. The van der Waals surface area contributed by atoms with Crippen LogP contribution in [0.3, 0.4) is 0 Å². The number of benzene rings is 4. The van der Waals surface area contributed by atoms with Crippen LogP contribution < -0.4 is 15.5 Å². The summed E-state index contributed by atoms with van der Waals surface area (Å²) in [4.78, 5) is 40.3. The summed E-state index contributed by atoms with van der Waals surface area (Å²) in [7, 11) is 2.73. The van der Waals surface area contributed by atoms with Gasteiger partial charge in [-0.1, -0.05) is 103 Å². The highest BCUT2D eigenvalue weighted by Gasteiger charge is 2.24. The lowest BCUT2D eigenvalue weighted by Gasteiger charge is -2.30. The first kappa shape index (κ1) is 45.0. The molecule has 4 rings (SSSR count). The fourth-order valence-corrected chi connectivity index (χ4v) is 6.79. The van der Waals surface area contributed by atoms with E-state index in [0.717, 1.165) is 59.8 Å². The largest absolute Gasteiger partial charge is 0.465 e. The number of nitrogens with two attached hydrogens (primary N) is 1. The second kappa shape index (κ2) is 20.5.